The highest BCUT2D eigenvalue weighted by Crippen LogP contribution is 2.45. The van der Waals surface area contributed by atoms with Crippen LogP contribution in [0.2, 0.25) is 0 Å². The van der Waals surface area contributed by atoms with E-state index in [-0.39, 0.29) is 17.5 Å². The number of carbonyl (C=O) groups excluding carboxylic acids is 1. The van der Waals surface area contributed by atoms with Crippen LogP contribution in [0.5, 0.6) is 0 Å². The molecule has 5 rings (SSSR count). The van der Waals surface area contributed by atoms with Crippen molar-refractivity contribution in [3.63, 3.8) is 0 Å². The Morgan fingerprint density at radius 2 is 1.75 bits per heavy atom. The lowest BCUT2D eigenvalue weighted by Crippen LogP contribution is -2.04. The molecule has 0 radical (unpaired) electrons. The molecule has 2 N–H and O–H groups in total. The molecule has 0 aliphatic heterocycles. The summed E-state index contributed by atoms with van der Waals surface area (Å²) in [6.45, 7) is 0. The number of pyridine rings is 1. The zero-order valence-corrected chi connectivity index (χ0v) is 15.8. The Labute approximate surface area is 165 Å². The normalized spacial score (nSPS) is 13.8. The van der Waals surface area contributed by atoms with E-state index in [1.54, 1.807) is 12.1 Å². The maximum absolute atomic E-state index is 13.3. The molecule has 0 atom stereocenters. The van der Waals surface area contributed by atoms with E-state index in [0.717, 1.165) is 44.6 Å². The van der Waals surface area contributed by atoms with Crippen molar-refractivity contribution in [3.05, 3.63) is 72.2 Å². The van der Waals surface area contributed by atoms with Crippen molar-refractivity contribution in [1.82, 2.24) is 4.98 Å². The lowest BCUT2D eigenvalue weighted by molar-refractivity contribution is 0.0963. The zero-order chi connectivity index (χ0) is 19.3. The van der Waals surface area contributed by atoms with Gasteiger partial charge in [-0.15, -0.1) is 11.3 Å². The highest BCUT2D eigenvalue weighted by atomic mass is 32.1. The van der Waals surface area contributed by atoms with Crippen molar-refractivity contribution >= 4 is 33.0 Å². The maximum Gasteiger partial charge on any atom is 0.184 e. The van der Waals surface area contributed by atoms with Crippen molar-refractivity contribution in [2.24, 2.45) is 5.92 Å². The predicted molar refractivity (Wildman–Crippen MR) is 112 cm³/mol. The molecule has 0 saturated heterocycles. The van der Waals surface area contributed by atoms with Gasteiger partial charge in [0.1, 0.15) is 16.3 Å². The number of nitrogens with two attached hydrogens (primary N) is 1. The second-order valence-corrected chi connectivity index (χ2v) is 8.09. The molecule has 138 valence electrons. The zero-order valence-electron chi connectivity index (χ0n) is 15.0. The average Bonchev–Trinajstić information content (AvgIpc) is 3.52. The molecule has 0 unspecified atom stereocenters. The van der Waals surface area contributed by atoms with E-state index in [0.29, 0.717) is 11.4 Å². The monoisotopic (exact) mass is 388 g/mol. The van der Waals surface area contributed by atoms with Crippen LogP contribution in [0.1, 0.15) is 23.3 Å². The van der Waals surface area contributed by atoms with Crippen LogP contribution in [0.15, 0.2) is 60.7 Å². The van der Waals surface area contributed by atoms with Crippen LogP contribution in [0.4, 0.5) is 10.1 Å². The minimum Gasteiger partial charge on any atom is -0.397 e. The third kappa shape index (κ3) is 2.88. The Hall–Kier alpha value is -3.05. The molecule has 0 bridgehead atoms. The molecule has 5 heteroatoms. The summed E-state index contributed by atoms with van der Waals surface area (Å²) in [5.41, 5.74) is 10.4. The summed E-state index contributed by atoms with van der Waals surface area (Å²) in [7, 11) is 0. The number of halogens is 1. The minimum absolute atomic E-state index is 0.0995. The lowest BCUT2D eigenvalue weighted by atomic mass is 9.99. The molecule has 1 fully saturated rings. The summed E-state index contributed by atoms with van der Waals surface area (Å²) >= 11 is 1.44. The summed E-state index contributed by atoms with van der Waals surface area (Å²) in [6, 6.07) is 18.1. The summed E-state index contributed by atoms with van der Waals surface area (Å²) in [5, 5.41) is 0.850. The number of carbonyl (C=O) groups is 1. The molecule has 1 saturated carbocycles. The number of thiophene rings is 1. The van der Waals surface area contributed by atoms with Crippen molar-refractivity contribution in [3.8, 4) is 21.6 Å². The molecular formula is C23H17FN2OS. The topological polar surface area (TPSA) is 56.0 Å². The predicted octanol–water partition coefficient (Wildman–Crippen LogP) is 5.94. The number of fused-ring (bicyclic) bond motifs is 1. The van der Waals surface area contributed by atoms with E-state index in [2.05, 4.69) is 4.98 Å². The Bertz CT molecular complexity index is 1190. The van der Waals surface area contributed by atoms with Gasteiger partial charge >= 0.3 is 0 Å². The van der Waals surface area contributed by atoms with Crippen LogP contribution < -0.4 is 5.73 Å². The smallest absolute Gasteiger partial charge is 0.184 e. The Morgan fingerprint density at radius 1 is 1.04 bits per heavy atom. The number of hydrogen-bond donors (Lipinski definition) is 1. The molecular weight excluding hydrogens is 371 g/mol. The third-order valence-electron chi connectivity index (χ3n) is 5.09. The molecule has 3 nitrogen and oxygen atoms in total. The highest BCUT2D eigenvalue weighted by molar-refractivity contribution is 7.22. The van der Waals surface area contributed by atoms with E-state index in [1.807, 2.05) is 36.4 Å². The minimum atomic E-state index is -0.288. The number of nitrogen functional groups attached to an aromatic ring is 1. The molecule has 2 aromatic heterocycles. The number of rotatable bonds is 4. The van der Waals surface area contributed by atoms with Gasteiger partial charge in [-0.3, -0.25) is 4.79 Å². The fourth-order valence-corrected chi connectivity index (χ4v) is 4.59. The van der Waals surface area contributed by atoms with E-state index < -0.39 is 0 Å². The second kappa shape index (κ2) is 6.53. The number of Topliss-reactive ketones (excluding diaryl/α,β-unsaturated/α-hetero) is 1. The van der Waals surface area contributed by atoms with Crippen molar-refractivity contribution in [2.75, 3.05) is 5.73 Å². The van der Waals surface area contributed by atoms with Crippen LogP contribution in [0.3, 0.4) is 0 Å². The lowest BCUT2D eigenvalue weighted by Gasteiger charge is -2.08. The molecule has 2 heterocycles. The van der Waals surface area contributed by atoms with Crippen LogP contribution in [-0.4, -0.2) is 10.8 Å². The third-order valence-corrected chi connectivity index (χ3v) is 6.24. The molecule has 4 aromatic rings. The molecule has 2 aromatic carbocycles. The summed E-state index contributed by atoms with van der Waals surface area (Å²) in [6.07, 6.45) is 1.87. The van der Waals surface area contributed by atoms with Gasteiger partial charge in [0.25, 0.3) is 0 Å². The summed E-state index contributed by atoms with van der Waals surface area (Å²) in [5.74, 6) is -0.0827. The Morgan fingerprint density at radius 3 is 2.43 bits per heavy atom. The van der Waals surface area contributed by atoms with Crippen molar-refractivity contribution < 1.29 is 9.18 Å². The van der Waals surface area contributed by atoms with Crippen LogP contribution in [0.25, 0.3) is 31.8 Å². The molecule has 28 heavy (non-hydrogen) atoms. The van der Waals surface area contributed by atoms with E-state index in [1.165, 1.54) is 23.5 Å². The van der Waals surface area contributed by atoms with Gasteiger partial charge in [0.05, 0.1) is 10.6 Å². The van der Waals surface area contributed by atoms with Crippen LogP contribution in [-0.2, 0) is 0 Å². The quantitative estimate of drug-likeness (QED) is 0.440. The van der Waals surface area contributed by atoms with Crippen LogP contribution >= 0.6 is 11.3 Å². The molecule has 0 spiro atoms. The van der Waals surface area contributed by atoms with E-state index in [9.17, 15) is 9.18 Å². The van der Waals surface area contributed by atoms with Gasteiger partial charge in [-0.1, -0.05) is 42.5 Å². The number of aromatic nitrogens is 1. The summed E-state index contributed by atoms with van der Waals surface area (Å²) in [4.78, 5) is 18.9. The first-order chi connectivity index (χ1) is 13.6. The molecule has 1 aliphatic carbocycles. The second-order valence-electron chi connectivity index (χ2n) is 7.09. The first-order valence-electron chi connectivity index (χ1n) is 9.20. The first-order valence-corrected chi connectivity index (χ1v) is 10.0. The van der Waals surface area contributed by atoms with Gasteiger partial charge in [-0.05, 0) is 47.7 Å². The number of anilines is 1. The summed E-state index contributed by atoms with van der Waals surface area (Å²) < 4.78 is 13.3. The fraction of sp³-hybridized carbons (Fsp3) is 0.130. The molecule has 1 aliphatic rings. The van der Waals surface area contributed by atoms with Gasteiger partial charge in [0.15, 0.2) is 5.78 Å². The van der Waals surface area contributed by atoms with Gasteiger partial charge in [0, 0.05) is 11.3 Å². The number of nitrogens with zero attached hydrogens (tertiary/aromatic N) is 1. The number of ketones is 1. The first kappa shape index (κ1) is 17.1. The number of hydrogen-bond acceptors (Lipinski definition) is 4. The van der Waals surface area contributed by atoms with Crippen molar-refractivity contribution in [2.45, 2.75) is 12.8 Å². The SMILES string of the molecule is Nc1c(-c2ccc(F)cc2)sc2nc(C(=O)C3CC3)cc(-c3ccccc3)c12. The van der Waals surface area contributed by atoms with Crippen LogP contribution in [0, 0.1) is 11.7 Å². The van der Waals surface area contributed by atoms with Gasteiger partial charge < -0.3 is 5.73 Å². The Kier molecular flexibility index (Phi) is 3.98. The highest BCUT2D eigenvalue weighted by Gasteiger charge is 2.32. The largest absolute Gasteiger partial charge is 0.397 e. The van der Waals surface area contributed by atoms with Gasteiger partial charge in [-0.2, -0.15) is 0 Å². The van der Waals surface area contributed by atoms with Gasteiger partial charge in [0.2, 0.25) is 0 Å². The average molecular weight is 388 g/mol. The standard InChI is InChI=1S/C23H17FN2OS/c24-16-10-8-15(9-11-16)22-20(25)19-17(13-4-2-1-3-5-13)12-18(26-23(19)28-22)21(27)14-6-7-14/h1-5,8-12,14H,6-7,25H2. The maximum atomic E-state index is 13.3. The van der Waals surface area contributed by atoms with E-state index in [4.69, 9.17) is 5.73 Å². The van der Waals surface area contributed by atoms with Gasteiger partial charge in [-0.25, -0.2) is 9.37 Å². The van der Waals surface area contributed by atoms with Crippen molar-refractivity contribution in [1.29, 1.82) is 0 Å². The molecule has 0 amide bonds. The van der Waals surface area contributed by atoms with E-state index >= 15 is 0 Å². The number of benzene rings is 2. The fourth-order valence-electron chi connectivity index (χ4n) is 3.46. The Balaban J connectivity index is 1.77.